The number of carbonyl (C=O) groups excluding carboxylic acids is 2. The van der Waals surface area contributed by atoms with Gasteiger partial charge in [-0.05, 0) is 61.1 Å². The second kappa shape index (κ2) is 9.75. The Morgan fingerprint density at radius 2 is 1.85 bits per heavy atom. The number of rotatable bonds is 7. The zero-order valence-electron chi connectivity index (χ0n) is 16.7. The van der Waals surface area contributed by atoms with Crippen LogP contribution in [0.1, 0.15) is 58.4 Å². The van der Waals surface area contributed by atoms with Crippen LogP contribution in [-0.4, -0.2) is 18.9 Å². The first-order valence-electron chi connectivity index (χ1n) is 10.0. The summed E-state index contributed by atoms with van der Waals surface area (Å²) in [6.07, 6.45) is 5.63. The molecule has 2 amide bonds. The number of hydrogen-bond acceptors (Lipinski definition) is 2. The van der Waals surface area contributed by atoms with Crippen molar-refractivity contribution >= 4 is 17.5 Å². The molecule has 0 heterocycles. The van der Waals surface area contributed by atoms with Gasteiger partial charge in [-0.1, -0.05) is 39.3 Å². The molecule has 0 saturated heterocycles. The van der Waals surface area contributed by atoms with E-state index in [1.807, 2.05) is 24.3 Å². The van der Waals surface area contributed by atoms with Gasteiger partial charge in [0.15, 0.2) is 0 Å². The number of amides is 2. The van der Waals surface area contributed by atoms with Crippen molar-refractivity contribution in [2.24, 2.45) is 23.7 Å². The molecule has 4 nitrogen and oxygen atoms in total. The number of anilines is 1. The van der Waals surface area contributed by atoms with Crippen molar-refractivity contribution in [1.29, 1.82) is 0 Å². The highest BCUT2D eigenvalue weighted by atomic mass is 16.2. The van der Waals surface area contributed by atoms with Crippen molar-refractivity contribution in [3.05, 3.63) is 29.8 Å². The van der Waals surface area contributed by atoms with Gasteiger partial charge in [-0.25, -0.2) is 0 Å². The maximum absolute atomic E-state index is 12.8. The van der Waals surface area contributed by atoms with Gasteiger partial charge in [-0.2, -0.15) is 0 Å². The monoisotopic (exact) mass is 358 g/mol. The number of aryl methyl sites for hydroxylation is 1. The molecule has 3 atom stereocenters. The quantitative estimate of drug-likeness (QED) is 0.759. The van der Waals surface area contributed by atoms with Crippen molar-refractivity contribution in [3.63, 3.8) is 0 Å². The SMILES string of the molecule is CNC(=O)CCCc1ccc(NC(=O)C2CC(C)CCC2C(C)C)cc1. The highest BCUT2D eigenvalue weighted by Gasteiger charge is 2.35. The fourth-order valence-electron chi connectivity index (χ4n) is 4.07. The van der Waals surface area contributed by atoms with E-state index in [-0.39, 0.29) is 17.7 Å². The number of carbonyl (C=O) groups is 2. The maximum Gasteiger partial charge on any atom is 0.227 e. The Bertz CT molecular complexity index is 595. The molecule has 0 radical (unpaired) electrons. The molecule has 1 aliphatic rings. The van der Waals surface area contributed by atoms with Gasteiger partial charge in [0.05, 0.1) is 0 Å². The normalized spacial score (nSPS) is 22.9. The second-order valence-electron chi connectivity index (χ2n) is 8.15. The van der Waals surface area contributed by atoms with Gasteiger partial charge in [-0.15, -0.1) is 0 Å². The lowest BCUT2D eigenvalue weighted by molar-refractivity contribution is -0.124. The summed E-state index contributed by atoms with van der Waals surface area (Å²) >= 11 is 0. The Morgan fingerprint density at radius 3 is 2.46 bits per heavy atom. The third kappa shape index (κ3) is 5.86. The lowest BCUT2D eigenvalue weighted by atomic mass is 9.70. The van der Waals surface area contributed by atoms with E-state index in [0.717, 1.165) is 31.4 Å². The summed E-state index contributed by atoms with van der Waals surface area (Å²) in [5.41, 5.74) is 2.06. The van der Waals surface area contributed by atoms with Gasteiger partial charge in [0.2, 0.25) is 11.8 Å². The molecule has 1 aromatic rings. The summed E-state index contributed by atoms with van der Waals surface area (Å²) in [6, 6.07) is 8.04. The van der Waals surface area contributed by atoms with E-state index in [0.29, 0.717) is 24.2 Å². The average molecular weight is 359 g/mol. The maximum atomic E-state index is 12.8. The zero-order valence-corrected chi connectivity index (χ0v) is 16.7. The predicted molar refractivity (Wildman–Crippen MR) is 107 cm³/mol. The van der Waals surface area contributed by atoms with Crippen LogP contribution in [0.15, 0.2) is 24.3 Å². The fraction of sp³-hybridized carbons (Fsp3) is 0.636. The summed E-state index contributed by atoms with van der Waals surface area (Å²) in [7, 11) is 1.66. The Balaban J connectivity index is 1.90. The topological polar surface area (TPSA) is 58.2 Å². The van der Waals surface area contributed by atoms with E-state index in [1.165, 1.54) is 12.0 Å². The highest BCUT2D eigenvalue weighted by Crippen LogP contribution is 2.38. The summed E-state index contributed by atoms with van der Waals surface area (Å²) < 4.78 is 0. The molecular weight excluding hydrogens is 324 g/mol. The molecule has 1 saturated carbocycles. The average Bonchev–Trinajstić information content (AvgIpc) is 2.62. The molecule has 2 rings (SSSR count). The van der Waals surface area contributed by atoms with Crippen LogP contribution >= 0.6 is 0 Å². The highest BCUT2D eigenvalue weighted by molar-refractivity contribution is 5.92. The Labute approximate surface area is 158 Å². The van der Waals surface area contributed by atoms with E-state index in [1.54, 1.807) is 7.05 Å². The van der Waals surface area contributed by atoms with Gasteiger partial charge in [0.25, 0.3) is 0 Å². The molecular formula is C22H34N2O2. The molecule has 3 unspecified atom stereocenters. The first kappa shape index (κ1) is 20.5. The van der Waals surface area contributed by atoms with Crippen molar-refractivity contribution in [1.82, 2.24) is 5.32 Å². The van der Waals surface area contributed by atoms with Crippen LogP contribution in [0.5, 0.6) is 0 Å². The molecule has 26 heavy (non-hydrogen) atoms. The van der Waals surface area contributed by atoms with Crippen molar-refractivity contribution in [2.75, 3.05) is 12.4 Å². The molecule has 144 valence electrons. The van der Waals surface area contributed by atoms with Gasteiger partial charge < -0.3 is 10.6 Å². The van der Waals surface area contributed by atoms with E-state index >= 15 is 0 Å². The minimum absolute atomic E-state index is 0.0790. The zero-order chi connectivity index (χ0) is 19.1. The van der Waals surface area contributed by atoms with E-state index in [4.69, 9.17) is 0 Å². The smallest absolute Gasteiger partial charge is 0.227 e. The first-order chi connectivity index (χ1) is 12.4. The molecule has 0 bridgehead atoms. The van der Waals surface area contributed by atoms with Gasteiger partial charge in [-0.3, -0.25) is 9.59 Å². The minimum Gasteiger partial charge on any atom is -0.359 e. The Hall–Kier alpha value is -1.84. The second-order valence-corrected chi connectivity index (χ2v) is 8.15. The van der Waals surface area contributed by atoms with Crippen LogP contribution in [0.3, 0.4) is 0 Å². The lowest BCUT2D eigenvalue weighted by Gasteiger charge is -2.36. The Kier molecular flexibility index (Phi) is 7.67. The molecule has 1 fully saturated rings. The van der Waals surface area contributed by atoms with E-state index < -0.39 is 0 Å². The summed E-state index contributed by atoms with van der Waals surface area (Å²) in [6.45, 7) is 6.72. The van der Waals surface area contributed by atoms with E-state index in [9.17, 15) is 9.59 Å². The number of hydrogen-bond donors (Lipinski definition) is 2. The molecule has 0 aliphatic heterocycles. The van der Waals surface area contributed by atoms with Crippen LogP contribution in [0, 0.1) is 23.7 Å². The number of nitrogens with one attached hydrogen (secondary N) is 2. The summed E-state index contributed by atoms with van der Waals surface area (Å²) in [4.78, 5) is 24.1. The summed E-state index contributed by atoms with van der Waals surface area (Å²) in [5, 5.41) is 5.77. The predicted octanol–water partition coefficient (Wildman–Crippen LogP) is 4.40. The molecule has 4 heteroatoms. The van der Waals surface area contributed by atoms with Gasteiger partial charge >= 0.3 is 0 Å². The Morgan fingerprint density at radius 1 is 1.15 bits per heavy atom. The lowest BCUT2D eigenvalue weighted by Crippen LogP contribution is -2.36. The van der Waals surface area contributed by atoms with Crippen LogP contribution in [0.25, 0.3) is 0 Å². The number of benzene rings is 1. The van der Waals surface area contributed by atoms with Crippen LogP contribution < -0.4 is 10.6 Å². The third-order valence-corrected chi connectivity index (χ3v) is 5.73. The molecule has 1 aliphatic carbocycles. The molecule has 2 N–H and O–H groups in total. The molecule has 1 aromatic carbocycles. The largest absolute Gasteiger partial charge is 0.359 e. The summed E-state index contributed by atoms with van der Waals surface area (Å²) in [5.74, 6) is 2.02. The fourth-order valence-corrected chi connectivity index (χ4v) is 4.07. The molecule has 0 spiro atoms. The van der Waals surface area contributed by atoms with E-state index in [2.05, 4.69) is 31.4 Å². The first-order valence-corrected chi connectivity index (χ1v) is 10.0. The standard InChI is InChI=1S/C22H34N2O2/c1-15(2)19-13-8-16(3)14-20(19)22(26)24-18-11-9-17(10-12-18)6-5-7-21(25)23-4/h9-12,15-16,19-20H,5-8,13-14H2,1-4H3,(H,23,25)(H,24,26). The third-order valence-electron chi connectivity index (χ3n) is 5.73. The van der Waals surface area contributed by atoms with Gasteiger partial charge in [0, 0.05) is 25.1 Å². The van der Waals surface area contributed by atoms with Crippen molar-refractivity contribution < 1.29 is 9.59 Å². The minimum atomic E-state index is 0.0790. The van der Waals surface area contributed by atoms with Crippen LogP contribution in [0.2, 0.25) is 0 Å². The van der Waals surface area contributed by atoms with Crippen LogP contribution in [0.4, 0.5) is 5.69 Å². The van der Waals surface area contributed by atoms with Crippen LogP contribution in [-0.2, 0) is 16.0 Å². The van der Waals surface area contributed by atoms with Crippen molar-refractivity contribution in [2.45, 2.75) is 59.3 Å². The van der Waals surface area contributed by atoms with Crippen molar-refractivity contribution in [3.8, 4) is 0 Å². The molecule has 0 aromatic heterocycles. The van der Waals surface area contributed by atoms with Gasteiger partial charge in [0.1, 0.15) is 0 Å².